The number of oxazole rings is 1. The molecule has 3 heterocycles. The highest BCUT2D eigenvalue weighted by atomic mass is 36.0. The van der Waals surface area contributed by atoms with Crippen molar-refractivity contribution in [3.8, 4) is 0 Å². The summed E-state index contributed by atoms with van der Waals surface area (Å²) in [5.41, 5.74) is 3.50. The number of halogens is 5. The normalized spacial score (nSPS) is 10.8. The van der Waals surface area contributed by atoms with Crippen LogP contribution in [0.1, 0.15) is 54.3 Å². The van der Waals surface area contributed by atoms with Gasteiger partial charge in [0.25, 0.3) is 0 Å². The number of rotatable bonds is 11. The molecule has 0 atom stereocenters. The standard InChI is InChI=1S/C17H16ClNO4.C16H13ClN2O3.Cl3OP/c1-2-23-17(22)16(21)6-4-14(20)8-11-3-5-15-12(7-11)9-13(18)10-19-15;1-2-21-16(20)15-19-9-13(22-15)6-10-3-4-14-11(5-10)7-12(17)8-18-14;1-5(2,3)4/h3,5,7,9-10H,2,4,6,8H2,1H3;3-5,7-9H,2,6H2,1H3;. The second-order valence-electron chi connectivity index (χ2n) is 10.1. The summed E-state index contributed by atoms with van der Waals surface area (Å²) in [6.45, 7) is 3.79. The van der Waals surface area contributed by atoms with E-state index in [1.807, 2.05) is 42.5 Å². The number of esters is 2. The number of pyridine rings is 2. The summed E-state index contributed by atoms with van der Waals surface area (Å²) in [4.78, 5) is 58.5. The fourth-order valence-electron chi connectivity index (χ4n) is 4.29. The maximum atomic E-state index is 12.0. The van der Waals surface area contributed by atoms with Crippen molar-refractivity contribution in [2.24, 2.45) is 0 Å². The fraction of sp³-hybridized carbons (Fsp3) is 0.242. The van der Waals surface area contributed by atoms with Crippen molar-refractivity contribution in [1.82, 2.24) is 15.0 Å². The first kappa shape index (κ1) is 40.9. The number of carbonyl (C=O) groups is 4. The summed E-state index contributed by atoms with van der Waals surface area (Å²) in [5, 5.41) is -0.296. The number of ketones is 2. The highest BCUT2D eigenvalue weighted by Gasteiger charge is 2.17. The topological polar surface area (TPSA) is 156 Å². The van der Waals surface area contributed by atoms with Crippen LogP contribution < -0.4 is 0 Å². The van der Waals surface area contributed by atoms with Crippen LogP contribution in [0.15, 0.2) is 71.5 Å². The first-order valence-electron chi connectivity index (χ1n) is 14.8. The maximum Gasteiger partial charge on any atom is 0.394 e. The smallest absolute Gasteiger partial charge is 0.394 e. The number of nitrogens with zero attached hydrogens (tertiary/aromatic N) is 3. The molecule has 2 aromatic carbocycles. The second kappa shape index (κ2) is 19.7. The van der Waals surface area contributed by atoms with E-state index in [0.29, 0.717) is 22.2 Å². The third kappa shape index (κ3) is 14.3. The Bertz CT molecular complexity index is 2030. The first-order valence-corrected chi connectivity index (χ1v) is 19.9. The molecule has 0 saturated carbocycles. The highest BCUT2D eigenvalue weighted by Crippen LogP contribution is 2.61. The van der Waals surface area contributed by atoms with Crippen molar-refractivity contribution in [3.05, 3.63) is 99.9 Å². The van der Waals surface area contributed by atoms with Gasteiger partial charge in [0, 0.05) is 48.8 Å². The van der Waals surface area contributed by atoms with E-state index < -0.39 is 22.9 Å². The summed E-state index contributed by atoms with van der Waals surface area (Å²) >= 11 is 25.7. The molecule has 5 aromatic rings. The lowest BCUT2D eigenvalue weighted by molar-refractivity contribution is -0.153. The van der Waals surface area contributed by atoms with Crippen LogP contribution in [-0.4, -0.2) is 51.7 Å². The van der Waals surface area contributed by atoms with E-state index in [4.69, 9.17) is 32.4 Å². The molecule has 0 fully saturated rings. The van der Waals surface area contributed by atoms with E-state index in [9.17, 15) is 23.7 Å². The Kier molecular flexibility index (Phi) is 16.1. The van der Waals surface area contributed by atoms with Crippen LogP contribution in [0, 0.1) is 0 Å². The molecule has 0 amide bonds. The number of Topliss-reactive ketones (excluding diaryl/α,β-unsaturated/α-hetero) is 2. The number of carbonyl (C=O) groups excluding carboxylic acids is 4. The predicted octanol–water partition coefficient (Wildman–Crippen LogP) is 9.37. The Morgan fingerprint density at radius 2 is 1.28 bits per heavy atom. The monoisotopic (exact) mass is 801 g/mol. The van der Waals surface area contributed by atoms with Gasteiger partial charge in [0.05, 0.1) is 40.5 Å². The number of ether oxygens (including phenoxy) is 2. The van der Waals surface area contributed by atoms with Gasteiger partial charge in [0.15, 0.2) is 0 Å². The van der Waals surface area contributed by atoms with Gasteiger partial charge < -0.3 is 13.9 Å². The summed E-state index contributed by atoms with van der Waals surface area (Å²) in [7, 11) is 0. The van der Waals surface area contributed by atoms with Crippen molar-refractivity contribution in [3.63, 3.8) is 0 Å². The molecule has 0 unspecified atom stereocenters. The Morgan fingerprint density at radius 3 is 1.84 bits per heavy atom. The molecule has 0 aliphatic heterocycles. The van der Waals surface area contributed by atoms with E-state index in [2.05, 4.69) is 53.4 Å². The Balaban J connectivity index is 0.000000239. The molecule has 17 heteroatoms. The van der Waals surface area contributed by atoms with Gasteiger partial charge in [-0.25, -0.2) is 14.6 Å². The average molecular weight is 804 g/mol. The molecule has 0 N–H and O–H groups in total. The molecular weight excluding hydrogens is 775 g/mol. The molecule has 50 heavy (non-hydrogen) atoms. The van der Waals surface area contributed by atoms with Crippen LogP contribution >= 0.6 is 62.1 Å². The molecular formula is C33H29Cl5N3O8P. The lowest BCUT2D eigenvalue weighted by Crippen LogP contribution is -2.18. The van der Waals surface area contributed by atoms with Crippen molar-refractivity contribution < 1.29 is 37.6 Å². The molecule has 0 bridgehead atoms. The van der Waals surface area contributed by atoms with Gasteiger partial charge in [-0.15, -0.1) is 0 Å². The number of aromatic nitrogens is 3. The van der Waals surface area contributed by atoms with Gasteiger partial charge >= 0.3 is 23.0 Å². The third-order valence-corrected chi connectivity index (χ3v) is 6.76. The molecule has 0 aliphatic carbocycles. The molecule has 0 radical (unpaired) electrons. The minimum atomic E-state index is -3.22. The SMILES string of the molecule is CCOC(=O)C(=O)CCC(=O)Cc1ccc2ncc(Cl)cc2c1.CCOC(=O)c1ncc(Cc2ccc3ncc(Cl)cc3c2)o1.O=P(Cl)(Cl)Cl. The van der Waals surface area contributed by atoms with Crippen molar-refractivity contribution >= 4 is 107 Å². The summed E-state index contributed by atoms with van der Waals surface area (Å²) < 4.78 is 24.4. The van der Waals surface area contributed by atoms with E-state index >= 15 is 0 Å². The largest absolute Gasteiger partial charge is 0.460 e. The minimum Gasteiger partial charge on any atom is -0.460 e. The Hall–Kier alpha value is -3.57. The van der Waals surface area contributed by atoms with Gasteiger partial charge in [0.2, 0.25) is 5.78 Å². The summed E-state index contributed by atoms with van der Waals surface area (Å²) in [5.74, 6) is -1.65. The molecule has 3 aromatic heterocycles. The van der Waals surface area contributed by atoms with Crippen LogP contribution in [0.5, 0.6) is 0 Å². The Morgan fingerprint density at radius 1 is 0.740 bits per heavy atom. The molecule has 0 spiro atoms. The molecule has 0 saturated heterocycles. The quantitative estimate of drug-likeness (QED) is 0.0712. The van der Waals surface area contributed by atoms with Gasteiger partial charge in [-0.05, 0) is 95.1 Å². The zero-order valence-corrected chi connectivity index (χ0v) is 31.2. The van der Waals surface area contributed by atoms with E-state index in [1.54, 1.807) is 32.3 Å². The van der Waals surface area contributed by atoms with E-state index in [0.717, 1.165) is 32.9 Å². The molecule has 264 valence electrons. The fourth-order valence-corrected chi connectivity index (χ4v) is 4.62. The van der Waals surface area contributed by atoms with Crippen molar-refractivity contribution in [2.75, 3.05) is 13.2 Å². The Labute approximate surface area is 311 Å². The van der Waals surface area contributed by atoms with Gasteiger partial charge in [-0.3, -0.25) is 24.1 Å². The van der Waals surface area contributed by atoms with E-state index in [-0.39, 0.29) is 44.2 Å². The van der Waals surface area contributed by atoms with Crippen molar-refractivity contribution in [2.45, 2.75) is 39.5 Å². The summed E-state index contributed by atoms with van der Waals surface area (Å²) in [6, 6.07) is 15.0. The average Bonchev–Trinajstić information content (AvgIpc) is 3.51. The van der Waals surface area contributed by atoms with Gasteiger partial charge in [-0.1, -0.05) is 35.3 Å². The number of hydrogen-bond donors (Lipinski definition) is 0. The lowest BCUT2D eigenvalue weighted by Gasteiger charge is -2.04. The second-order valence-corrected chi connectivity index (χ2v) is 17.7. The minimum absolute atomic E-state index is 0.0173. The predicted molar refractivity (Wildman–Crippen MR) is 194 cm³/mol. The number of hydrogen-bond acceptors (Lipinski definition) is 11. The van der Waals surface area contributed by atoms with Crippen LogP contribution in [0.2, 0.25) is 10.0 Å². The molecule has 11 nitrogen and oxygen atoms in total. The van der Waals surface area contributed by atoms with Crippen molar-refractivity contribution in [1.29, 1.82) is 0 Å². The third-order valence-electron chi connectivity index (χ3n) is 6.34. The highest BCUT2D eigenvalue weighted by molar-refractivity contribution is 8.24. The lowest BCUT2D eigenvalue weighted by atomic mass is 10.0. The van der Waals surface area contributed by atoms with Crippen LogP contribution in [0.4, 0.5) is 0 Å². The van der Waals surface area contributed by atoms with Gasteiger partial charge in [-0.2, -0.15) is 0 Å². The van der Waals surface area contributed by atoms with Gasteiger partial charge in [0.1, 0.15) is 11.5 Å². The molecule has 5 rings (SSSR count). The zero-order valence-electron chi connectivity index (χ0n) is 26.5. The van der Waals surface area contributed by atoms with Crippen LogP contribution in [0.3, 0.4) is 0 Å². The van der Waals surface area contributed by atoms with E-state index in [1.165, 1.54) is 6.20 Å². The van der Waals surface area contributed by atoms with Crippen LogP contribution in [0.25, 0.3) is 21.8 Å². The van der Waals surface area contributed by atoms with Crippen LogP contribution in [-0.2, 0) is 41.3 Å². The number of fused-ring (bicyclic) bond motifs is 2. The first-order chi connectivity index (χ1) is 23.6. The maximum absolute atomic E-state index is 12.0. The zero-order chi connectivity index (χ0) is 36.8. The summed E-state index contributed by atoms with van der Waals surface area (Å²) in [6.07, 6.45) is 5.32. The molecule has 0 aliphatic rings. The number of benzene rings is 2.